The second-order valence-electron chi connectivity index (χ2n) is 4.63. The molecule has 0 N–H and O–H groups in total. The summed E-state index contributed by atoms with van der Waals surface area (Å²) < 4.78 is 5.33. The maximum absolute atomic E-state index is 11.2. The van der Waals surface area contributed by atoms with Crippen molar-refractivity contribution in [2.24, 2.45) is 0 Å². The van der Waals surface area contributed by atoms with Gasteiger partial charge in [0.05, 0.1) is 0 Å². The number of hydrogen-bond donors (Lipinski definition) is 0. The van der Waals surface area contributed by atoms with E-state index in [2.05, 4.69) is 6.08 Å². The van der Waals surface area contributed by atoms with Crippen LogP contribution < -0.4 is 0 Å². The van der Waals surface area contributed by atoms with Crippen LogP contribution in [0.15, 0.2) is 60.7 Å². The minimum Gasteiger partial charge on any atom is -0.458 e. The van der Waals surface area contributed by atoms with Crippen LogP contribution in [0.3, 0.4) is 0 Å². The normalized spacial score (nSPS) is 12.8. The monoisotopic (exact) mass is 266 g/mol. The van der Waals surface area contributed by atoms with E-state index in [1.165, 1.54) is 6.92 Å². The smallest absolute Gasteiger partial charge is 0.303 e. The minimum absolute atomic E-state index is 0.271. The Kier molecular flexibility index (Phi) is 4.72. The van der Waals surface area contributed by atoms with Gasteiger partial charge in [0.2, 0.25) is 0 Å². The fourth-order valence-corrected chi connectivity index (χ4v) is 2.11. The zero-order valence-electron chi connectivity index (χ0n) is 11.7. The molecular weight excluding hydrogens is 248 g/mol. The third kappa shape index (κ3) is 3.82. The molecule has 0 saturated carbocycles. The summed E-state index contributed by atoms with van der Waals surface area (Å²) in [5, 5.41) is 0. The van der Waals surface area contributed by atoms with Gasteiger partial charge in [-0.2, -0.15) is 0 Å². The summed E-state index contributed by atoms with van der Waals surface area (Å²) in [7, 11) is 0. The van der Waals surface area contributed by atoms with Crippen LogP contribution in [0, 0.1) is 0 Å². The fourth-order valence-electron chi connectivity index (χ4n) is 2.11. The van der Waals surface area contributed by atoms with Gasteiger partial charge in [0.1, 0.15) is 6.10 Å². The van der Waals surface area contributed by atoms with Crippen LogP contribution in [0.2, 0.25) is 0 Å². The van der Waals surface area contributed by atoms with E-state index < -0.39 is 0 Å². The molecule has 0 heterocycles. The maximum atomic E-state index is 11.2. The molecule has 0 fully saturated rings. The molecule has 0 aromatic heterocycles. The number of carbonyl (C=O) groups excluding carboxylic acids is 1. The van der Waals surface area contributed by atoms with Gasteiger partial charge in [-0.1, -0.05) is 60.7 Å². The van der Waals surface area contributed by atoms with Gasteiger partial charge in [0.15, 0.2) is 0 Å². The minimum atomic E-state index is -0.282. The summed E-state index contributed by atoms with van der Waals surface area (Å²) in [5.74, 6) is -0.271. The molecule has 0 spiro atoms. The van der Waals surface area contributed by atoms with Gasteiger partial charge in [-0.3, -0.25) is 4.79 Å². The van der Waals surface area contributed by atoms with E-state index in [0.29, 0.717) is 0 Å². The van der Waals surface area contributed by atoms with Crippen LogP contribution in [-0.2, 0) is 9.53 Å². The van der Waals surface area contributed by atoms with E-state index in [4.69, 9.17) is 4.74 Å². The standard InChI is InChI=1S/C18H18O2/c1-14(20-15(2)19)18(17-11-7-4-8-12-17)13-16-9-5-3-6-10-16/h3-14H,1-2H3/b18-13-/t14-/m1/s1. The Morgan fingerprint density at radius 2 is 1.55 bits per heavy atom. The van der Waals surface area contributed by atoms with Crippen LogP contribution in [0.1, 0.15) is 25.0 Å². The highest BCUT2D eigenvalue weighted by Gasteiger charge is 2.13. The highest BCUT2D eigenvalue weighted by Crippen LogP contribution is 2.23. The lowest BCUT2D eigenvalue weighted by Gasteiger charge is -2.17. The predicted molar refractivity (Wildman–Crippen MR) is 82.0 cm³/mol. The SMILES string of the molecule is CC(=O)O[C@H](C)/C(=C/c1ccccc1)c1ccccc1. The zero-order valence-corrected chi connectivity index (χ0v) is 11.7. The lowest BCUT2D eigenvalue weighted by Crippen LogP contribution is -2.14. The van der Waals surface area contributed by atoms with Crippen LogP contribution in [0.4, 0.5) is 0 Å². The van der Waals surface area contributed by atoms with Crippen LogP contribution in [0.5, 0.6) is 0 Å². The molecule has 1 atom stereocenters. The largest absolute Gasteiger partial charge is 0.458 e. The number of benzene rings is 2. The fraction of sp³-hybridized carbons (Fsp3) is 0.167. The Balaban J connectivity index is 2.39. The molecule has 2 nitrogen and oxygen atoms in total. The lowest BCUT2D eigenvalue weighted by molar-refractivity contribution is -0.142. The molecule has 2 aromatic rings. The number of ether oxygens (including phenoxy) is 1. The Hall–Kier alpha value is -2.35. The van der Waals surface area contributed by atoms with E-state index in [1.54, 1.807) is 0 Å². The van der Waals surface area contributed by atoms with Crippen LogP contribution in [-0.4, -0.2) is 12.1 Å². The van der Waals surface area contributed by atoms with Crippen molar-refractivity contribution in [3.05, 3.63) is 71.8 Å². The van der Waals surface area contributed by atoms with Gasteiger partial charge in [0, 0.05) is 6.92 Å². The van der Waals surface area contributed by atoms with Gasteiger partial charge in [0.25, 0.3) is 0 Å². The van der Waals surface area contributed by atoms with E-state index >= 15 is 0 Å². The van der Waals surface area contributed by atoms with Crippen molar-refractivity contribution in [2.45, 2.75) is 20.0 Å². The van der Waals surface area contributed by atoms with Gasteiger partial charge >= 0.3 is 5.97 Å². The first-order valence-electron chi connectivity index (χ1n) is 6.66. The molecule has 20 heavy (non-hydrogen) atoms. The molecule has 0 unspecified atom stereocenters. The predicted octanol–water partition coefficient (Wildman–Crippen LogP) is 4.18. The summed E-state index contributed by atoms with van der Waals surface area (Å²) in [6, 6.07) is 20.0. The van der Waals surface area contributed by atoms with Crippen molar-refractivity contribution in [1.29, 1.82) is 0 Å². The third-order valence-electron chi connectivity index (χ3n) is 3.01. The molecular formula is C18H18O2. The second kappa shape index (κ2) is 6.71. The topological polar surface area (TPSA) is 26.3 Å². The molecule has 0 amide bonds. The molecule has 0 bridgehead atoms. The maximum Gasteiger partial charge on any atom is 0.303 e. The number of carbonyl (C=O) groups is 1. The molecule has 0 aliphatic rings. The van der Waals surface area contributed by atoms with E-state index in [9.17, 15) is 4.79 Å². The molecule has 0 saturated heterocycles. The number of hydrogen-bond acceptors (Lipinski definition) is 2. The van der Waals surface area contributed by atoms with Crippen LogP contribution in [0.25, 0.3) is 11.6 Å². The quantitative estimate of drug-likeness (QED) is 0.613. The molecule has 2 rings (SSSR count). The first kappa shape index (κ1) is 14.1. The molecule has 102 valence electrons. The number of rotatable bonds is 4. The molecule has 0 radical (unpaired) electrons. The van der Waals surface area contributed by atoms with Gasteiger partial charge in [-0.25, -0.2) is 0 Å². The van der Waals surface area contributed by atoms with E-state index in [-0.39, 0.29) is 12.1 Å². The van der Waals surface area contributed by atoms with Crippen molar-refractivity contribution in [2.75, 3.05) is 0 Å². The summed E-state index contributed by atoms with van der Waals surface area (Å²) in [4.78, 5) is 11.2. The van der Waals surface area contributed by atoms with Crippen molar-refractivity contribution in [3.8, 4) is 0 Å². The van der Waals surface area contributed by atoms with E-state index in [0.717, 1.165) is 16.7 Å². The third-order valence-corrected chi connectivity index (χ3v) is 3.01. The first-order valence-corrected chi connectivity index (χ1v) is 6.66. The first-order chi connectivity index (χ1) is 9.66. The van der Waals surface area contributed by atoms with Gasteiger partial charge in [-0.05, 0) is 29.7 Å². The zero-order chi connectivity index (χ0) is 14.4. The van der Waals surface area contributed by atoms with Crippen molar-refractivity contribution in [1.82, 2.24) is 0 Å². The Morgan fingerprint density at radius 3 is 2.10 bits per heavy atom. The average molecular weight is 266 g/mol. The van der Waals surface area contributed by atoms with Gasteiger partial charge in [-0.15, -0.1) is 0 Å². The molecule has 0 aliphatic heterocycles. The Bertz CT molecular complexity index is 585. The molecule has 0 aliphatic carbocycles. The summed E-state index contributed by atoms with van der Waals surface area (Å²) in [6.07, 6.45) is 1.78. The number of esters is 1. The summed E-state index contributed by atoms with van der Waals surface area (Å²) in [5.41, 5.74) is 3.14. The Morgan fingerprint density at radius 1 is 1.00 bits per heavy atom. The van der Waals surface area contributed by atoms with Crippen LogP contribution >= 0.6 is 0 Å². The van der Waals surface area contributed by atoms with E-state index in [1.807, 2.05) is 67.6 Å². The highest BCUT2D eigenvalue weighted by molar-refractivity contribution is 5.84. The molecule has 2 aromatic carbocycles. The van der Waals surface area contributed by atoms with Gasteiger partial charge < -0.3 is 4.74 Å². The van der Waals surface area contributed by atoms with Crippen molar-refractivity contribution < 1.29 is 9.53 Å². The van der Waals surface area contributed by atoms with Crippen molar-refractivity contribution in [3.63, 3.8) is 0 Å². The lowest BCUT2D eigenvalue weighted by atomic mass is 9.98. The average Bonchev–Trinajstić information content (AvgIpc) is 2.46. The van der Waals surface area contributed by atoms with Crippen molar-refractivity contribution >= 4 is 17.6 Å². The second-order valence-corrected chi connectivity index (χ2v) is 4.63. The highest BCUT2D eigenvalue weighted by atomic mass is 16.5. The Labute approximate surface area is 119 Å². The summed E-state index contributed by atoms with van der Waals surface area (Å²) in [6.45, 7) is 3.32. The molecule has 2 heteroatoms. The summed E-state index contributed by atoms with van der Waals surface area (Å²) >= 11 is 0.